The largest absolute Gasteiger partial charge is 0.480 e. The Morgan fingerprint density at radius 1 is 1.14 bits per heavy atom. The second-order valence-electron chi connectivity index (χ2n) is 9.36. The summed E-state index contributed by atoms with van der Waals surface area (Å²) in [6.45, 7) is 4.41. The summed E-state index contributed by atoms with van der Waals surface area (Å²) in [4.78, 5) is 52.4. The van der Waals surface area contributed by atoms with E-state index in [1.165, 1.54) is 16.7 Å². The molecule has 1 aliphatic rings. The molecule has 5 N–H and O–H groups in total. The van der Waals surface area contributed by atoms with Crippen molar-refractivity contribution in [1.82, 2.24) is 15.5 Å². The maximum atomic E-state index is 13.3. The molecule has 0 radical (unpaired) electrons. The molecule has 1 aliphatic heterocycles. The van der Waals surface area contributed by atoms with E-state index in [1.807, 2.05) is 50.4 Å². The third kappa shape index (κ3) is 8.85. The topological polar surface area (TPSA) is 142 Å². The molecule has 1 saturated heterocycles. The van der Waals surface area contributed by atoms with Crippen LogP contribution in [0.4, 0.5) is 0 Å². The zero-order valence-electron chi connectivity index (χ0n) is 20.7. The number of thioether (sulfide) groups is 1. The van der Waals surface area contributed by atoms with Crippen LogP contribution in [0.5, 0.6) is 0 Å². The van der Waals surface area contributed by atoms with E-state index in [1.54, 1.807) is 0 Å². The first-order chi connectivity index (χ1) is 16.6. The van der Waals surface area contributed by atoms with Crippen molar-refractivity contribution in [3.63, 3.8) is 0 Å². The van der Waals surface area contributed by atoms with Gasteiger partial charge >= 0.3 is 5.97 Å². The summed E-state index contributed by atoms with van der Waals surface area (Å²) >= 11 is 1.49. The number of benzene rings is 1. The summed E-state index contributed by atoms with van der Waals surface area (Å²) in [5.41, 5.74) is 6.91. The number of carboxylic acids is 1. The van der Waals surface area contributed by atoms with Crippen LogP contribution in [0.2, 0.25) is 0 Å². The van der Waals surface area contributed by atoms with Gasteiger partial charge in [0.2, 0.25) is 17.7 Å². The summed E-state index contributed by atoms with van der Waals surface area (Å²) < 4.78 is 0. The van der Waals surface area contributed by atoms with E-state index < -0.39 is 42.0 Å². The molecule has 0 bridgehead atoms. The molecule has 0 saturated carbocycles. The molecule has 9 nitrogen and oxygen atoms in total. The molecular weight excluding hydrogens is 468 g/mol. The quantitative estimate of drug-likeness (QED) is 0.317. The van der Waals surface area contributed by atoms with E-state index in [-0.39, 0.29) is 24.7 Å². The van der Waals surface area contributed by atoms with Gasteiger partial charge in [-0.25, -0.2) is 4.79 Å². The highest BCUT2D eigenvalue weighted by atomic mass is 32.2. The maximum absolute atomic E-state index is 13.3. The Hall–Kier alpha value is -2.59. The van der Waals surface area contributed by atoms with Crippen LogP contribution in [0.25, 0.3) is 0 Å². The number of nitrogens with one attached hydrogen (secondary N) is 2. The number of hydrogen-bond donors (Lipinski definition) is 4. The smallest absolute Gasteiger partial charge is 0.326 e. The van der Waals surface area contributed by atoms with Crippen LogP contribution >= 0.6 is 11.8 Å². The van der Waals surface area contributed by atoms with Crippen molar-refractivity contribution < 1.29 is 24.3 Å². The molecular formula is C25H38N4O5S. The van der Waals surface area contributed by atoms with E-state index in [2.05, 4.69) is 10.6 Å². The number of amides is 3. The summed E-state index contributed by atoms with van der Waals surface area (Å²) in [7, 11) is 0. The summed E-state index contributed by atoms with van der Waals surface area (Å²) in [5, 5.41) is 14.9. The molecule has 3 amide bonds. The highest BCUT2D eigenvalue weighted by molar-refractivity contribution is 7.98. The van der Waals surface area contributed by atoms with E-state index in [9.17, 15) is 24.3 Å². The van der Waals surface area contributed by atoms with Crippen molar-refractivity contribution in [2.45, 2.75) is 70.1 Å². The average molecular weight is 507 g/mol. The Labute approximate surface area is 211 Å². The molecule has 1 aromatic rings. The lowest BCUT2D eigenvalue weighted by Crippen LogP contribution is -2.57. The maximum Gasteiger partial charge on any atom is 0.326 e. The number of hydrogen-bond acceptors (Lipinski definition) is 6. The van der Waals surface area contributed by atoms with E-state index in [4.69, 9.17) is 5.73 Å². The lowest BCUT2D eigenvalue weighted by molar-refractivity contribution is -0.143. The second kappa shape index (κ2) is 14.1. The van der Waals surface area contributed by atoms with Crippen LogP contribution < -0.4 is 16.4 Å². The van der Waals surface area contributed by atoms with Crippen molar-refractivity contribution in [2.24, 2.45) is 11.7 Å². The zero-order valence-corrected chi connectivity index (χ0v) is 21.6. The van der Waals surface area contributed by atoms with Crippen LogP contribution in [0.1, 0.15) is 45.1 Å². The number of nitrogens with zero attached hydrogens (tertiary/aromatic N) is 1. The first kappa shape index (κ1) is 28.6. The normalized spacial score (nSPS) is 18.1. The number of nitrogens with two attached hydrogens (primary N) is 1. The van der Waals surface area contributed by atoms with Gasteiger partial charge in [-0.2, -0.15) is 11.8 Å². The third-order valence-electron chi connectivity index (χ3n) is 6.02. The van der Waals surface area contributed by atoms with Crippen LogP contribution in [-0.4, -0.2) is 76.4 Å². The van der Waals surface area contributed by atoms with E-state index in [0.717, 1.165) is 5.56 Å². The van der Waals surface area contributed by atoms with Crippen LogP contribution in [0, 0.1) is 5.92 Å². The lowest BCUT2D eigenvalue weighted by Gasteiger charge is -2.29. The number of carbonyl (C=O) groups excluding carboxylic acids is 3. The van der Waals surface area contributed by atoms with Gasteiger partial charge in [-0.15, -0.1) is 0 Å². The summed E-state index contributed by atoms with van der Waals surface area (Å²) in [6.07, 6.45) is 4.00. The van der Waals surface area contributed by atoms with Crippen molar-refractivity contribution in [3.05, 3.63) is 35.9 Å². The molecule has 1 heterocycles. The van der Waals surface area contributed by atoms with Gasteiger partial charge < -0.3 is 26.4 Å². The Morgan fingerprint density at radius 2 is 1.83 bits per heavy atom. The number of carbonyl (C=O) groups is 4. The minimum absolute atomic E-state index is 0.195. The van der Waals surface area contributed by atoms with Gasteiger partial charge in [0.05, 0.1) is 6.04 Å². The van der Waals surface area contributed by atoms with Crippen LogP contribution in [0.3, 0.4) is 0 Å². The van der Waals surface area contributed by atoms with Gasteiger partial charge in [-0.3, -0.25) is 14.4 Å². The fraction of sp³-hybridized carbons (Fsp3) is 0.600. The molecule has 4 atom stereocenters. The molecule has 194 valence electrons. The fourth-order valence-corrected chi connectivity index (χ4v) is 4.69. The lowest BCUT2D eigenvalue weighted by atomic mass is 10.0. The first-order valence-electron chi connectivity index (χ1n) is 12.1. The average Bonchev–Trinajstić information content (AvgIpc) is 3.30. The van der Waals surface area contributed by atoms with E-state index in [0.29, 0.717) is 31.6 Å². The van der Waals surface area contributed by atoms with Gasteiger partial charge in [0.15, 0.2) is 0 Å². The molecule has 0 aromatic heterocycles. The minimum atomic E-state index is -1.12. The van der Waals surface area contributed by atoms with Crippen molar-refractivity contribution in [3.8, 4) is 0 Å². The van der Waals surface area contributed by atoms with Crippen molar-refractivity contribution in [1.29, 1.82) is 0 Å². The first-order valence-corrected chi connectivity index (χ1v) is 13.5. The summed E-state index contributed by atoms with van der Waals surface area (Å²) in [6, 6.07) is 5.76. The highest BCUT2D eigenvalue weighted by Gasteiger charge is 2.38. The fourth-order valence-electron chi connectivity index (χ4n) is 4.22. The Bertz CT molecular complexity index is 867. The van der Waals surface area contributed by atoms with Crippen molar-refractivity contribution >= 4 is 35.5 Å². The molecule has 1 aromatic carbocycles. The van der Waals surface area contributed by atoms with Crippen LogP contribution in [-0.2, 0) is 25.6 Å². The predicted molar refractivity (Wildman–Crippen MR) is 137 cm³/mol. The van der Waals surface area contributed by atoms with Gasteiger partial charge in [0.25, 0.3) is 0 Å². The molecule has 2 rings (SSSR count). The Morgan fingerprint density at radius 3 is 2.43 bits per heavy atom. The van der Waals surface area contributed by atoms with Gasteiger partial charge in [0.1, 0.15) is 18.1 Å². The number of rotatable bonds is 13. The molecule has 0 aliphatic carbocycles. The second-order valence-corrected chi connectivity index (χ2v) is 10.3. The molecule has 10 heteroatoms. The standard InChI is InChI=1S/C25H38N4O5S/c1-16(2)14-18(26)24(32)29-12-7-10-21(29)23(31)28-20(15-17-8-5-4-6-9-17)22(30)27-19(25(33)34)11-13-35-3/h4-6,8-9,16,18-21H,7,10-15,26H2,1-3H3,(H,27,30)(H,28,31)(H,33,34). The van der Waals surface area contributed by atoms with Crippen molar-refractivity contribution in [2.75, 3.05) is 18.6 Å². The Kier molecular flexibility index (Phi) is 11.5. The van der Waals surface area contributed by atoms with Crippen LogP contribution in [0.15, 0.2) is 30.3 Å². The highest BCUT2D eigenvalue weighted by Crippen LogP contribution is 2.20. The van der Waals surface area contributed by atoms with E-state index >= 15 is 0 Å². The minimum Gasteiger partial charge on any atom is -0.480 e. The molecule has 0 spiro atoms. The SMILES string of the molecule is CSCCC(NC(=O)C(Cc1ccccc1)NC(=O)C1CCCN1C(=O)C(N)CC(C)C)C(=O)O. The molecule has 4 unspecified atom stereocenters. The molecule has 1 fully saturated rings. The van der Waals surface area contributed by atoms with Gasteiger partial charge in [0, 0.05) is 13.0 Å². The summed E-state index contributed by atoms with van der Waals surface area (Å²) in [5.74, 6) is -1.56. The van der Waals surface area contributed by atoms with Gasteiger partial charge in [-0.1, -0.05) is 44.2 Å². The zero-order chi connectivity index (χ0) is 26.0. The third-order valence-corrected chi connectivity index (χ3v) is 6.67. The number of carboxylic acid groups (broad SMARTS) is 1. The predicted octanol–water partition coefficient (Wildman–Crippen LogP) is 1.40. The number of likely N-dealkylation sites (tertiary alicyclic amines) is 1. The number of aliphatic carboxylic acids is 1. The monoisotopic (exact) mass is 506 g/mol. The Balaban J connectivity index is 2.17. The van der Waals surface area contributed by atoms with Gasteiger partial charge in [-0.05, 0) is 49.2 Å². The molecule has 35 heavy (non-hydrogen) atoms.